The molecule has 3 aliphatic rings. The van der Waals surface area contributed by atoms with Crippen LogP contribution < -0.4 is 30.9 Å². The summed E-state index contributed by atoms with van der Waals surface area (Å²) in [5.74, 6) is -6.42. The number of hydrogen-bond acceptors (Lipinski definition) is 14. The van der Waals surface area contributed by atoms with Gasteiger partial charge in [0.2, 0.25) is 11.6 Å². The van der Waals surface area contributed by atoms with Crippen LogP contribution in [0, 0.1) is 12.8 Å². The topological polar surface area (TPSA) is 370 Å². The number of carboxylic acids is 3. The van der Waals surface area contributed by atoms with Crippen molar-refractivity contribution >= 4 is 84.6 Å². The Hall–Kier alpha value is -9.15. The van der Waals surface area contributed by atoms with Crippen LogP contribution in [0.25, 0.3) is 0 Å². The number of nitrogens with one attached hydrogen (secondary N) is 4. The van der Waals surface area contributed by atoms with E-state index in [1.165, 1.54) is 0 Å². The van der Waals surface area contributed by atoms with Crippen LogP contribution in [-0.2, 0) is 77.5 Å². The molecule has 0 radical (unpaired) electrons. The molecular formula is C78H103N7O18S2+2. The summed E-state index contributed by atoms with van der Waals surface area (Å²) < 4.78 is 75.4. The maximum Gasteiger partial charge on any atom is 0.326 e. The molecule has 7 rings (SSSR count). The molecule has 1 unspecified atom stereocenters. The number of para-hydroxylation sites is 1. The Labute approximate surface area is 616 Å². The van der Waals surface area contributed by atoms with Crippen molar-refractivity contribution in [2.75, 3.05) is 63.7 Å². The number of ketones is 2. The summed E-state index contributed by atoms with van der Waals surface area (Å²) in [6.07, 6.45) is 11.4. The van der Waals surface area contributed by atoms with Crippen LogP contribution in [0.1, 0.15) is 152 Å². The first-order valence-corrected chi connectivity index (χ1v) is 38.9. The van der Waals surface area contributed by atoms with Crippen molar-refractivity contribution < 1.29 is 93.4 Å². The van der Waals surface area contributed by atoms with E-state index in [0.29, 0.717) is 61.4 Å². The number of amides is 4. The van der Waals surface area contributed by atoms with E-state index in [1.807, 2.05) is 31.2 Å². The molecule has 0 fully saturated rings. The molecule has 4 atom stereocenters. The van der Waals surface area contributed by atoms with E-state index in [9.17, 15) is 74.5 Å². The lowest BCUT2D eigenvalue weighted by molar-refractivity contribution is -0.886. The fraction of sp³-hybridized carbons (Fsp3) is 0.474. The van der Waals surface area contributed by atoms with Crippen molar-refractivity contribution in [3.63, 3.8) is 0 Å². The Morgan fingerprint density at radius 3 is 1.96 bits per heavy atom. The molecule has 4 amide bonds. The number of ether oxygens (including phenoxy) is 1. The lowest BCUT2D eigenvalue weighted by Gasteiger charge is -2.33. The SMILES string of the molecule is Cc1ccc2c(c1)C(C)(C)/C(=C\C=C1/CCCC(/C=C/C3=[N+](CCCCS(=O)(=O)O)c4ccccc4C3(C)C)=C1Oc1ccc(C[C@H](NC(=O)[C@@H](CC(=O)CNC(=O)C(CCCC(=O)CC[C@H](NC(=O)NCCCC(=O)O)C(=O)O)[N+](C)(C)C)Cc3ccccc3)C(=O)O)cc1)N2CCCCS(=O)(=O)O. The number of allylic oxidation sites excluding steroid dienone is 7. The van der Waals surface area contributed by atoms with E-state index in [2.05, 4.69) is 101 Å². The Balaban J connectivity index is 1.09. The van der Waals surface area contributed by atoms with E-state index < -0.39 is 103 Å². The Morgan fingerprint density at radius 1 is 0.648 bits per heavy atom. The number of carbonyl (C=O) groups is 8. The van der Waals surface area contributed by atoms with Gasteiger partial charge in [0, 0.05) is 98.5 Å². The second-order valence-corrected chi connectivity index (χ2v) is 32.5. The zero-order chi connectivity index (χ0) is 77.0. The van der Waals surface area contributed by atoms with Crippen LogP contribution >= 0.6 is 0 Å². The number of rotatable bonds is 41. The molecule has 0 saturated heterocycles. The third-order valence-electron chi connectivity index (χ3n) is 19.4. The van der Waals surface area contributed by atoms with E-state index in [-0.39, 0.29) is 105 Å². The minimum absolute atomic E-state index is 0.00147. The van der Waals surface area contributed by atoms with Crippen LogP contribution in [0.4, 0.5) is 16.2 Å². The fourth-order valence-corrected chi connectivity index (χ4v) is 14.9. The summed E-state index contributed by atoms with van der Waals surface area (Å²) in [4.78, 5) is 105. The maximum absolute atomic E-state index is 14.4. The smallest absolute Gasteiger partial charge is 0.326 e. The summed E-state index contributed by atoms with van der Waals surface area (Å²) in [5.41, 5.74) is 9.32. The monoisotopic (exact) mass is 1490 g/mol. The fourth-order valence-electron chi connectivity index (χ4n) is 13.8. The van der Waals surface area contributed by atoms with Crippen molar-refractivity contribution in [3.05, 3.63) is 172 Å². The zero-order valence-electron chi connectivity index (χ0n) is 61.3. The van der Waals surface area contributed by atoms with Crippen LogP contribution in [0.15, 0.2) is 144 Å². The standard InChI is InChI=1S/C78H101N7O18S2/c1-52-30-39-66-62(47-52)78(4,5)69(84(66)44-15-17-46-105(100,101)102)41-34-56-24-18-23-55(33-40-68-77(2,3)61-26-12-13-27-65(61)83(68)43-14-16-45-104(97,98)99)71(56)103-60-36-31-54(32-37-60)49-64(75(94)95)81-72(90)57(48-53-21-10-9-11-22-53)50-59(87)51-80-73(91)67(85(6,7)8)28-19-25-58(86)35-38-63(74(92)93)82-76(96)79-42-20-29-70(88)89/h9-13,21-22,26-27,30-34,36-37,39-41,47,57,63-64,67H,14-20,23-25,28-29,35,38,42-46,48-51H2,1-8H3,(H7-2,79,80,81,82,88,89,90,91,92,93,94,95,96,97,98,99,100,101,102)/p+2/t57-,63+,64+,67?/m1/s1. The van der Waals surface area contributed by atoms with Gasteiger partial charge in [-0.3, -0.25) is 33.1 Å². The number of carboxylic acid groups (broad SMARTS) is 3. The van der Waals surface area contributed by atoms with Gasteiger partial charge in [0.25, 0.3) is 26.1 Å². The first-order chi connectivity index (χ1) is 49.4. The molecule has 568 valence electrons. The van der Waals surface area contributed by atoms with Gasteiger partial charge in [0.1, 0.15) is 35.9 Å². The number of aliphatic carboxylic acids is 3. The van der Waals surface area contributed by atoms with Crippen molar-refractivity contribution in [1.29, 1.82) is 0 Å². The lowest BCUT2D eigenvalue weighted by atomic mass is 9.81. The summed E-state index contributed by atoms with van der Waals surface area (Å²) >= 11 is 0. The third-order valence-corrected chi connectivity index (χ3v) is 21.1. The molecule has 27 heteroatoms. The van der Waals surface area contributed by atoms with Crippen LogP contribution in [0.2, 0.25) is 0 Å². The Bertz CT molecular complexity index is 4230. The van der Waals surface area contributed by atoms with E-state index >= 15 is 0 Å². The molecule has 1 aliphatic carbocycles. The largest absolute Gasteiger partial charge is 0.481 e. The highest BCUT2D eigenvalue weighted by molar-refractivity contribution is 7.86. The Kier molecular flexibility index (Phi) is 29.5. The minimum atomic E-state index is -4.16. The highest BCUT2D eigenvalue weighted by atomic mass is 32.2. The number of fused-ring (bicyclic) bond motifs is 2. The van der Waals surface area contributed by atoms with Gasteiger partial charge >= 0.3 is 23.9 Å². The zero-order valence-corrected chi connectivity index (χ0v) is 63.0. The molecule has 105 heavy (non-hydrogen) atoms. The minimum Gasteiger partial charge on any atom is -0.481 e. The molecule has 2 aliphatic heterocycles. The highest BCUT2D eigenvalue weighted by Gasteiger charge is 2.45. The van der Waals surface area contributed by atoms with E-state index in [0.717, 1.165) is 57.0 Å². The number of nitrogens with zero attached hydrogens (tertiary/aromatic N) is 3. The number of anilines is 1. The normalized spacial score (nSPS) is 16.8. The van der Waals surface area contributed by atoms with Gasteiger partial charge in [-0.25, -0.2) is 14.4 Å². The van der Waals surface area contributed by atoms with Gasteiger partial charge in [-0.05, 0) is 143 Å². The third kappa shape index (κ3) is 24.7. The number of aryl methyl sites for hydroxylation is 1. The molecule has 4 aromatic rings. The highest BCUT2D eigenvalue weighted by Crippen LogP contribution is 2.49. The number of unbranched alkanes of at least 4 members (excludes halogenated alkanes) is 2. The number of quaternary nitrogens is 1. The molecule has 0 bridgehead atoms. The van der Waals surface area contributed by atoms with Gasteiger partial charge in [-0.15, -0.1) is 0 Å². The number of urea groups is 1. The first-order valence-electron chi connectivity index (χ1n) is 35.7. The van der Waals surface area contributed by atoms with Crippen molar-refractivity contribution in [1.82, 2.24) is 21.3 Å². The second kappa shape index (κ2) is 37.2. The van der Waals surface area contributed by atoms with Crippen molar-refractivity contribution in [2.45, 2.75) is 173 Å². The van der Waals surface area contributed by atoms with Crippen LogP contribution in [0.5, 0.6) is 5.75 Å². The molecule has 9 N–H and O–H groups in total. The molecule has 2 heterocycles. The van der Waals surface area contributed by atoms with E-state index in [1.54, 1.807) is 75.7 Å². The maximum atomic E-state index is 14.4. The van der Waals surface area contributed by atoms with Gasteiger partial charge in [-0.1, -0.05) is 98.3 Å². The number of benzene rings is 4. The average Bonchev–Trinajstić information content (AvgIpc) is 1.60. The quantitative estimate of drug-likeness (QED) is 0.00863. The van der Waals surface area contributed by atoms with Crippen LogP contribution in [-0.4, -0.2) is 180 Å². The number of likely N-dealkylation sites (N-methyl/N-ethyl adjacent to an activating group) is 1. The second-order valence-electron chi connectivity index (χ2n) is 29.3. The van der Waals surface area contributed by atoms with E-state index in [4.69, 9.17) is 9.84 Å². The van der Waals surface area contributed by atoms with Crippen molar-refractivity contribution in [3.8, 4) is 5.75 Å². The van der Waals surface area contributed by atoms with Gasteiger partial charge < -0.3 is 50.7 Å². The predicted octanol–water partition coefficient (Wildman–Crippen LogP) is 9.65. The predicted molar refractivity (Wildman–Crippen MR) is 400 cm³/mol. The van der Waals surface area contributed by atoms with Crippen LogP contribution in [0.3, 0.4) is 0 Å². The number of carbonyl (C=O) groups excluding carboxylic acids is 5. The van der Waals surface area contributed by atoms with Gasteiger partial charge in [0.15, 0.2) is 17.5 Å². The van der Waals surface area contributed by atoms with Gasteiger partial charge in [-0.2, -0.15) is 21.4 Å². The first kappa shape index (κ1) is 83.1. The molecule has 25 nitrogen and oxygen atoms in total. The number of Topliss-reactive ketones (excluding diaryl/α,β-unsaturated/α-hetero) is 2. The average molecular weight is 1490 g/mol. The van der Waals surface area contributed by atoms with Gasteiger partial charge in [0.05, 0.1) is 44.6 Å². The van der Waals surface area contributed by atoms with Crippen molar-refractivity contribution in [2.24, 2.45) is 5.92 Å². The number of hydrogen-bond donors (Lipinski definition) is 9. The molecule has 4 aromatic carbocycles. The molecule has 0 saturated carbocycles. The lowest BCUT2D eigenvalue weighted by Crippen LogP contribution is -2.54. The molecular weight excluding hydrogens is 1390 g/mol. The summed E-state index contributed by atoms with van der Waals surface area (Å²) in [6, 6.07) is 25.8. The summed E-state index contributed by atoms with van der Waals surface area (Å²) in [6.45, 7) is 11.2. The Morgan fingerprint density at radius 2 is 1.30 bits per heavy atom. The molecule has 0 aromatic heterocycles. The summed E-state index contributed by atoms with van der Waals surface area (Å²) in [5, 5.41) is 39.2. The molecule has 0 spiro atoms. The summed E-state index contributed by atoms with van der Waals surface area (Å²) in [7, 11) is -2.99.